The average Bonchev–Trinajstić information content (AvgIpc) is 3.12. The van der Waals surface area contributed by atoms with Gasteiger partial charge in [-0.15, -0.1) is 0 Å². The Morgan fingerprint density at radius 3 is 2.41 bits per heavy atom. The Balaban J connectivity index is 1.67. The Hall–Kier alpha value is -3.73. The predicted molar refractivity (Wildman–Crippen MR) is 110 cm³/mol. The minimum atomic E-state index is -0.683. The molecule has 4 rings (SSSR count). The molecule has 4 nitrogen and oxygen atoms in total. The number of aromatic nitrogens is 1. The van der Waals surface area contributed by atoms with E-state index in [2.05, 4.69) is 5.32 Å². The van der Waals surface area contributed by atoms with Crippen molar-refractivity contribution in [3.05, 3.63) is 102 Å². The summed E-state index contributed by atoms with van der Waals surface area (Å²) >= 11 is 0. The van der Waals surface area contributed by atoms with E-state index in [9.17, 15) is 14.0 Å². The van der Waals surface area contributed by atoms with E-state index < -0.39 is 11.7 Å². The number of Topliss-reactive ketones (excluding diaryl/α,β-unsaturated/α-hetero) is 1. The van der Waals surface area contributed by atoms with E-state index in [1.165, 1.54) is 12.1 Å². The predicted octanol–water partition coefficient (Wildman–Crippen LogP) is 4.55. The number of ketones is 1. The first-order valence-corrected chi connectivity index (χ1v) is 9.27. The van der Waals surface area contributed by atoms with Crippen molar-refractivity contribution in [2.45, 2.75) is 13.5 Å². The number of benzene rings is 2. The zero-order valence-corrected chi connectivity index (χ0v) is 15.9. The molecule has 0 aliphatic carbocycles. The van der Waals surface area contributed by atoms with Gasteiger partial charge in [-0.2, -0.15) is 0 Å². The van der Waals surface area contributed by atoms with Crippen molar-refractivity contribution in [2.75, 3.05) is 0 Å². The summed E-state index contributed by atoms with van der Waals surface area (Å²) in [5.41, 5.74) is 4.34. The van der Waals surface area contributed by atoms with Crippen LogP contribution in [0.2, 0.25) is 0 Å². The van der Waals surface area contributed by atoms with Gasteiger partial charge in [-0.3, -0.25) is 9.59 Å². The quantitative estimate of drug-likeness (QED) is 0.404. The number of carbonyl (C=O) groups excluding carboxylic acids is 2. The van der Waals surface area contributed by atoms with Gasteiger partial charge in [0.05, 0.1) is 0 Å². The first kappa shape index (κ1) is 18.6. The van der Waals surface area contributed by atoms with Crippen LogP contribution in [-0.2, 0) is 11.3 Å². The van der Waals surface area contributed by atoms with Crippen LogP contribution < -0.4 is 5.32 Å². The smallest absolute Gasteiger partial charge is 0.294 e. The number of fused-ring (bicyclic) bond motifs is 1. The van der Waals surface area contributed by atoms with Crippen LogP contribution >= 0.6 is 0 Å². The van der Waals surface area contributed by atoms with Gasteiger partial charge in [0.15, 0.2) is 0 Å². The molecule has 0 saturated carbocycles. The molecular weight excluding hydrogens is 367 g/mol. The van der Waals surface area contributed by atoms with Gasteiger partial charge in [0.2, 0.25) is 0 Å². The highest BCUT2D eigenvalue weighted by Crippen LogP contribution is 2.28. The fourth-order valence-electron chi connectivity index (χ4n) is 3.28. The third kappa shape index (κ3) is 3.80. The molecule has 2 heterocycles. The number of amides is 1. The maximum Gasteiger partial charge on any atom is 0.294 e. The van der Waals surface area contributed by atoms with Crippen molar-refractivity contribution in [2.24, 2.45) is 0 Å². The van der Waals surface area contributed by atoms with Gasteiger partial charge < -0.3 is 9.72 Å². The lowest BCUT2D eigenvalue weighted by molar-refractivity contribution is -0.117. The van der Waals surface area contributed by atoms with Gasteiger partial charge in [0.25, 0.3) is 11.7 Å². The number of nitrogens with zero attached hydrogens (tertiary/aromatic N) is 1. The maximum atomic E-state index is 13.3. The lowest BCUT2D eigenvalue weighted by Crippen LogP contribution is -2.31. The Bertz CT molecular complexity index is 1190. The summed E-state index contributed by atoms with van der Waals surface area (Å²) in [6, 6.07) is 20.9. The van der Waals surface area contributed by atoms with Crippen LogP contribution in [0.1, 0.15) is 21.6 Å². The molecule has 0 atom stereocenters. The van der Waals surface area contributed by atoms with Gasteiger partial charge in [0.1, 0.15) is 11.5 Å². The van der Waals surface area contributed by atoms with E-state index in [-0.39, 0.29) is 18.1 Å². The van der Waals surface area contributed by atoms with Crippen LogP contribution in [0.5, 0.6) is 0 Å². The molecule has 0 aliphatic rings. The maximum absolute atomic E-state index is 13.3. The summed E-state index contributed by atoms with van der Waals surface area (Å²) in [4.78, 5) is 25.7. The lowest BCUT2D eigenvalue weighted by atomic mass is 10.0. The Labute approximate surface area is 167 Å². The second kappa shape index (κ2) is 7.72. The summed E-state index contributed by atoms with van der Waals surface area (Å²) in [5, 5.41) is 2.70. The third-order valence-electron chi connectivity index (χ3n) is 4.83. The monoisotopic (exact) mass is 386 g/mol. The molecule has 144 valence electrons. The molecule has 0 saturated heterocycles. The molecule has 0 bridgehead atoms. The van der Waals surface area contributed by atoms with Crippen LogP contribution in [0.15, 0.2) is 79.0 Å². The summed E-state index contributed by atoms with van der Waals surface area (Å²) in [6.07, 6.45) is 1.74. The third-order valence-corrected chi connectivity index (χ3v) is 4.83. The first-order valence-electron chi connectivity index (χ1n) is 9.27. The molecule has 0 radical (unpaired) electrons. The summed E-state index contributed by atoms with van der Waals surface area (Å²) in [7, 11) is 0. The number of halogens is 1. The Kier molecular flexibility index (Phi) is 4.96. The minimum absolute atomic E-state index is 0.258. The van der Waals surface area contributed by atoms with E-state index in [0.29, 0.717) is 11.1 Å². The highest BCUT2D eigenvalue weighted by Gasteiger charge is 2.24. The largest absolute Gasteiger partial charge is 0.345 e. The number of pyridine rings is 1. The molecule has 29 heavy (non-hydrogen) atoms. The van der Waals surface area contributed by atoms with Crippen molar-refractivity contribution in [1.29, 1.82) is 0 Å². The Morgan fingerprint density at radius 2 is 1.69 bits per heavy atom. The molecule has 5 heteroatoms. The minimum Gasteiger partial charge on any atom is -0.345 e. The lowest BCUT2D eigenvalue weighted by Gasteiger charge is -2.08. The van der Waals surface area contributed by atoms with Gasteiger partial charge in [0, 0.05) is 23.8 Å². The first-order chi connectivity index (χ1) is 14.0. The normalized spacial score (nSPS) is 10.8. The number of nitrogens with one attached hydrogen (secondary N) is 1. The summed E-state index contributed by atoms with van der Waals surface area (Å²) < 4.78 is 15.0. The second-order valence-corrected chi connectivity index (χ2v) is 6.91. The standard InChI is InChI=1S/C24H19FN2O2/c1-16-5-7-17(8-6-16)15-26-24(29)23(28)22-21(18-9-11-19(25)12-10-18)14-20-4-2-3-13-27(20)22/h2-14H,15H2,1H3,(H,26,29). The molecule has 2 aromatic carbocycles. The molecule has 0 spiro atoms. The van der Waals surface area contributed by atoms with Gasteiger partial charge in [-0.05, 0) is 48.4 Å². The second-order valence-electron chi connectivity index (χ2n) is 6.91. The highest BCUT2D eigenvalue weighted by atomic mass is 19.1. The van der Waals surface area contributed by atoms with Crippen molar-refractivity contribution in [1.82, 2.24) is 9.72 Å². The Morgan fingerprint density at radius 1 is 0.966 bits per heavy atom. The van der Waals surface area contributed by atoms with Crippen molar-refractivity contribution in [3.8, 4) is 11.1 Å². The number of aryl methyl sites for hydroxylation is 1. The fraction of sp³-hybridized carbons (Fsp3) is 0.0833. The van der Waals surface area contributed by atoms with E-state index in [1.54, 1.807) is 28.8 Å². The van der Waals surface area contributed by atoms with Crippen molar-refractivity contribution >= 4 is 17.2 Å². The summed E-state index contributed by atoms with van der Waals surface area (Å²) in [5.74, 6) is -1.68. The van der Waals surface area contributed by atoms with Crippen molar-refractivity contribution < 1.29 is 14.0 Å². The molecule has 0 fully saturated rings. The average molecular weight is 386 g/mol. The van der Waals surface area contributed by atoms with Gasteiger partial charge >= 0.3 is 0 Å². The van der Waals surface area contributed by atoms with Crippen LogP contribution in [0.3, 0.4) is 0 Å². The molecule has 0 aliphatic heterocycles. The van der Waals surface area contributed by atoms with Crippen LogP contribution in [0.25, 0.3) is 16.6 Å². The van der Waals surface area contributed by atoms with E-state index >= 15 is 0 Å². The number of rotatable bonds is 5. The van der Waals surface area contributed by atoms with E-state index in [1.807, 2.05) is 49.4 Å². The van der Waals surface area contributed by atoms with Crippen LogP contribution in [0.4, 0.5) is 4.39 Å². The van der Waals surface area contributed by atoms with Gasteiger partial charge in [-0.1, -0.05) is 48.0 Å². The number of carbonyl (C=O) groups is 2. The molecule has 0 unspecified atom stereocenters. The molecule has 1 amide bonds. The van der Waals surface area contributed by atoms with Crippen LogP contribution in [0, 0.1) is 12.7 Å². The van der Waals surface area contributed by atoms with Crippen LogP contribution in [-0.4, -0.2) is 16.1 Å². The molecular formula is C24H19FN2O2. The number of hydrogen-bond donors (Lipinski definition) is 1. The summed E-state index contributed by atoms with van der Waals surface area (Å²) in [6.45, 7) is 2.25. The topological polar surface area (TPSA) is 50.6 Å². The van der Waals surface area contributed by atoms with E-state index in [4.69, 9.17) is 0 Å². The fourth-order valence-corrected chi connectivity index (χ4v) is 3.28. The zero-order chi connectivity index (χ0) is 20.4. The van der Waals surface area contributed by atoms with Gasteiger partial charge in [-0.25, -0.2) is 4.39 Å². The zero-order valence-electron chi connectivity index (χ0n) is 15.9. The molecule has 2 aromatic heterocycles. The SMILES string of the molecule is Cc1ccc(CNC(=O)C(=O)c2c(-c3ccc(F)cc3)cc3ccccn23)cc1. The van der Waals surface area contributed by atoms with Crippen molar-refractivity contribution in [3.63, 3.8) is 0 Å². The molecule has 1 N–H and O–H groups in total. The molecule has 4 aromatic rings. The highest BCUT2D eigenvalue weighted by molar-refractivity contribution is 6.43. The number of hydrogen-bond acceptors (Lipinski definition) is 2. The van der Waals surface area contributed by atoms with E-state index in [0.717, 1.165) is 16.6 Å².